The molecule has 24 heavy (non-hydrogen) atoms. The SMILES string of the molecule is c1coc(CCNC(=NCC2CCCS2)NCCc2cccs2)c1. The van der Waals surface area contributed by atoms with Gasteiger partial charge in [-0.05, 0) is 48.6 Å². The van der Waals surface area contributed by atoms with Gasteiger partial charge in [-0.15, -0.1) is 11.3 Å². The Kier molecular flexibility index (Phi) is 7.11. The van der Waals surface area contributed by atoms with E-state index in [1.807, 2.05) is 23.5 Å². The molecule has 0 bridgehead atoms. The highest BCUT2D eigenvalue weighted by Crippen LogP contribution is 2.25. The highest BCUT2D eigenvalue weighted by Gasteiger charge is 2.15. The molecule has 0 radical (unpaired) electrons. The Morgan fingerprint density at radius 1 is 1.21 bits per heavy atom. The lowest BCUT2D eigenvalue weighted by atomic mass is 10.2. The van der Waals surface area contributed by atoms with Crippen LogP contribution in [0, 0.1) is 0 Å². The van der Waals surface area contributed by atoms with Crippen molar-refractivity contribution in [1.82, 2.24) is 10.6 Å². The first-order chi connectivity index (χ1) is 11.9. The van der Waals surface area contributed by atoms with Crippen molar-refractivity contribution in [3.8, 4) is 0 Å². The molecule has 130 valence electrons. The van der Waals surface area contributed by atoms with Crippen LogP contribution in [0.25, 0.3) is 0 Å². The Hall–Kier alpha value is -1.40. The van der Waals surface area contributed by atoms with Gasteiger partial charge in [0.1, 0.15) is 5.76 Å². The molecule has 2 aromatic heterocycles. The molecule has 2 N–H and O–H groups in total. The fraction of sp³-hybridized carbons (Fsp3) is 0.500. The van der Waals surface area contributed by atoms with Crippen LogP contribution in [0.4, 0.5) is 0 Å². The molecule has 0 aliphatic carbocycles. The minimum Gasteiger partial charge on any atom is -0.469 e. The number of aliphatic imine (C=N–C) groups is 1. The van der Waals surface area contributed by atoms with Gasteiger partial charge in [0.2, 0.25) is 0 Å². The minimum absolute atomic E-state index is 0.686. The van der Waals surface area contributed by atoms with E-state index in [9.17, 15) is 0 Å². The van der Waals surface area contributed by atoms with Crippen molar-refractivity contribution in [3.05, 3.63) is 46.5 Å². The second kappa shape index (κ2) is 9.79. The van der Waals surface area contributed by atoms with Crippen LogP contribution in [0.15, 0.2) is 45.3 Å². The molecule has 3 heterocycles. The van der Waals surface area contributed by atoms with Crippen molar-refractivity contribution < 1.29 is 4.42 Å². The summed E-state index contributed by atoms with van der Waals surface area (Å²) in [4.78, 5) is 6.20. The summed E-state index contributed by atoms with van der Waals surface area (Å²) >= 11 is 3.86. The van der Waals surface area contributed by atoms with E-state index < -0.39 is 0 Å². The summed E-state index contributed by atoms with van der Waals surface area (Å²) in [6.45, 7) is 2.64. The van der Waals surface area contributed by atoms with Gasteiger partial charge in [-0.25, -0.2) is 0 Å². The zero-order chi connectivity index (χ0) is 16.5. The van der Waals surface area contributed by atoms with Crippen LogP contribution in [0.3, 0.4) is 0 Å². The van der Waals surface area contributed by atoms with Crippen LogP contribution < -0.4 is 10.6 Å². The third-order valence-corrected chi connectivity index (χ3v) is 6.28. The van der Waals surface area contributed by atoms with Crippen LogP contribution in [0.1, 0.15) is 23.5 Å². The second-order valence-electron chi connectivity index (χ2n) is 5.84. The standard InChI is InChI=1S/C18H25N3OS2/c1-4-15(22-11-1)7-9-19-18(21-14-17-6-3-13-24-17)20-10-8-16-5-2-12-23-16/h1-2,4-5,11-12,17H,3,6-10,13-14H2,(H2,19,20,21). The van der Waals surface area contributed by atoms with Crippen LogP contribution >= 0.6 is 23.1 Å². The van der Waals surface area contributed by atoms with Crippen molar-refractivity contribution >= 4 is 29.1 Å². The summed E-state index contributed by atoms with van der Waals surface area (Å²) in [5, 5.41) is 9.72. The summed E-state index contributed by atoms with van der Waals surface area (Å²) in [7, 11) is 0. The molecule has 1 saturated heterocycles. The van der Waals surface area contributed by atoms with E-state index in [1.54, 1.807) is 6.26 Å². The molecule has 1 atom stereocenters. The first kappa shape index (κ1) is 17.4. The molecule has 1 fully saturated rings. The van der Waals surface area contributed by atoms with Crippen LogP contribution in [0.5, 0.6) is 0 Å². The van der Waals surface area contributed by atoms with E-state index in [2.05, 4.69) is 39.9 Å². The highest BCUT2D eigenvalue weighted by molar-refractivity contribution is 8.00. The number of hydrogen-bond acceptors (Lipinski definition) is 4. The van der Waals surface area contributed by atoms with Crippen molar-refractivity contribution in [2.24, 2.45) is 4.99 Å². The summed E-state index contributed by atoms with van der Waals surface area (Å²) in [5.41, 5.74) is 0. The quantitative estimate of drug-likeness (QED) is 0.556. The molecule has 3 rings (SSSR count). The zero-order valence-electron chi connectivity index (χ0n) is 13.9. The predicted octanol–water partition coefficient (Wildman–Crippen LogP) is 3.56. The monoisotopic (exact) mass is 363 g/mol. The maximum absolute atomic E-state index is 5.38. The summed E-state index contributed by atoms with van der Waals surface area (Å²) < 4.78 is 5.38. The average molecular weight is 364 g/mol. The summed E-state index contributed by atoms with van der Waals surface area (Å²) in [6.07, 6.45) is 6.26. The van der Waals surface area contributed by atoms with Gasteiger partial charge in [0.05, 0.1) is 12.8 Å². The van der Waals surface area contributed by atoms with Crippen molar-refractivity contribution in [3.63, 3.8) is 0 Å². The van der Waals surface area contributed by atoms with Gasteiger partial charge in [0.15, 0.2) is 5.96 Å². The molecule has 1 aliphatic heterocycles. The number of nitrogens with one attached hydrogen (secondary N) is 2. The lowest BCUT2D eigenvalue weighted by Gasteiger charge is -2.13. The molecule has 0 aromatic carbocycles. The zero-order valence-corrected chi connectivity index (χ0v) is 15.5. The fourth-order valence-corrected chi connectivity index (χ4v) is 4.56. The molecule has 1 unspecified atom stereocenters. The number of thiophene rings is 1. The lowest BCUT2D eigenvalue weighted by molar-refractivity contribution is 0.506. The fourth-order valence-electron chi connectivity index (χ4n) is 2.67. The number of hydrogen-bond donors (Lipinski definition) is 2. The number of guanidine groups is 1. The molecule has 0 spiro atoms. The summed E-state index contributed by atoms with van der Waals surface area (Å²) in [6, 6.07) is 8.23. The van der Waals surface area contributed by atoms with Crippen molar-refractivity contribution in [1.29, 1.82) is 0 Å². The molecule has 6 heteroatoms. The van der Waals surface area contributed by atoms with Gasteiger partial charge in [-0.1, -0.05) is 6.07 Å². The Balaban J connectivity index is 1.45. The number of thioether (sulfide) groups is 1. The van der Waals surface area contributed by atoms with Crippen LogP contribution in [-0.2, 0) is 12.8 Å². The summed E-state index contributed by atoms with van der Waals surface area (Å²) in [5.74, 6) is 3.21. The molecule has 0 saturated carbocycles. The van der Waals surface area contributed by atoms with E-state index >= 15 is 0 Å². The van der Waals surface area contributed by atoms with E-state index in [0.717, 1.165) is 44.2 Å². The number of nitrogens with zero attached hydrogens (tertiary/aromatic N) is 1. The first-order valence-corrected chi connectivity index (χ1v) is 10.5. The normalized spacial score (nSPS) is 18.0. The van der Waals surface area contributed by atoms with Crippen LogP contribution in [-0.4, -0.2) is 36.6 Å². The van der Waals surface area contributed by atoms with Gasteiger partial charge < -0.3 is 15.1 Å². The lowest BCUT2D eigenvalue weighted by Crippen LogP contribution is -2.39. The highest BCUT2D eigenvalue weighted by atomic mass is 32.2. The number of furan rings is 1. The van der Waals surface area contributed by atoms with Gasteiger partial charge in [0, 0.05) is 29.6 Å². The third kappa shape index (κ3) is 5.91. The Morgan fingerprint density at radius 2 is 2.12 bits per heavy atom. The topological polar surface area (TPSA) is 49.6 Å². The molecule has 1 aliphatic rings. The largest absolute Gasteiger partial charge is 0.469 e. The minimum atomic E-state index is 0.686. The second-order valence-corrected chi connectivity index (χ2v) is 8.28. The smallest absolute Gasteiger partial charge is 0.191 e. The van der Waals surface area contributed by atoms with E-state index in [-0.39, 0.29) is 0 Å². The van der Waals surface area contributed by atoms with Gasteiger partial charge in [-0.2, -0.15) is 11.8 Å². The van der Waals surface area contributed by atoms with Gasteiger partial charge >= 0.3 is 0 Å². The molecular weight excluding hydrogens is 338 g/mol. The van der Waals surface area contributed by atoms with Gasteiger partial charge in [-0.3, -0.25) is 4.99 Å². The Morgan fingerprint density at radius 3 is 2.83 bits per heavy atom. The number of rotatable bonds is 8. The third-order valence-electron chi connectivity index (χ3n) is 3.96. The Bertz CT molecular complexity index is 548. The van der Waals surface area contributed by atoms with E-state index in [4.69, 9.17) is 9.41 Å². The first-order valence-electron chi connectivity index (χ1n) is 8.59. The molecule has 4 nitrogen and oxygen atoms in total. The van der Waals surface area contributed by atoms with Crippen molar-refractivity contribution in [2.75, 3.05) is 25.4 Å². The maximum atomic E-state index is 5.38. The molecule has 0 amide bonds. The van der Waals surface area contributed by atoms with Crippen molar-refractivity contribution in [2.45, 2.75) is 30.9 Å². The van der Waals surface area contributed by atoms with E-state index in [1.165, 1.54) is 23.5 Å². The maximum Gasteiger partial charge on any atom is 0.191 e. The molecular formula is C18H25N3OS2. The van der Waals surface area contributed by atoms with Crippen LogP contribution in [0.2, 0.25) is 0 Å². The molecule has 2 aromatic rings. The average Bonchev–Trinajstić information content (AvgIpc) is 3.34. The van der Waals surface area contributed by atoms with Gasteiger partial charge in [0.25, 0.3) is 0 Å². The van der Waals surface area contributed by atoms with E-state index in [0.29, 0.717) is 5.25 Å². The Labute approximate surface area is 152 Å². The predicted molar refractivity (Wildman–Crippen MR) is 104 cm³/mol.